The summed E-state index contributed by atoms with van der Waals surface area (Å²) in [6.07, 6.45) is 0. The number of anilines is 2. The molecule has 5 heteroatoms. The van der Waals surface area contributed by atoms with E-state index in [0.29, 0.717) is 10.8 Å². The molecule has 0 aliphatic heterocycles. The van der Waals surface area contributed by atoms with E-state index in [4.69, 9.17) is 0 Å². The van der Waals surface area contributed by atoms with E-state index in [1.807, 2.05) is 25.1 Å². The van der Waals surface area contributed by atoms with Crippen molar-refractivity contribution in [3.05, 3.63) is 53.6 Å². The highest BCUT2D eigenvalue weighted by molar-refractivity contribution is 7.22. The third kappa shape index (κ3) is 2.42. The quantitative estimate of drug-likeness (QED) is 0.738. The Morgan fingerprint density at radius 1 is 1.11 bits per heavy atom. The van der Waals surface area contributed by atoms with Gasteiger partial charge in [-0.15, -0.1) is 0 Å². The number of hydrogen-bond acceptors (Lipinski definition) is 3. The summed E-state index contributed by atoms with van der Waals surface area (Å²) in [7, 11) is 0. The normalized spacial score (nSPS) is 10.9. The van der Waals surface area contributed by atoms with E-state index >= 15 is 0 Å². The zero-order valence-corrected chi connectivity index (χ0v) is 10.9. The maximum absolute atomic E-state index is 13.1. The molecule has 0 bridgehead atoms. The van der Waals surface area contributed by atoms with Crippen molar-refractivity contribution in [3.8, 4) is 0 Å². The van der Waals surface area contributed by atoms with Gasteiger partial charge in [0, 0.05) is 11.8 Å². The van der Waals surface area contributed by atoms with Gasteiger partial charge in [0.25, 0.3) is 0 Å². The molecule has 96 valence electrons. The third-order valence-corrected chi connectivity index (χ3v) is 3.67. The molecule has 1 aromatic heterocycles. The first-order valence-electron chi connectivity index (χ1n) is 5.71. The molecule has 1 heterocycles. The summed E-state index contributed by atoms with van der Waals surface area (Å²) in [5, 5.41) is 3.55. The van der Waals surface area contributed by atoms with Gasteiger partial charge in [0.15, 0.2) is 5.13 Å². The summed E-state index contributed by atoms with van der Waals surface area (Å²) in [5.74, 6) is -1.22. The predicted octanol–water partition coefficient (Wildman–Crippen LogP) is 4.63. The summed E-state index contributed by atoms with van der Waals surface area (Å²) in [4.78, 5) is 4.43. The smallest absolute Gasteiger partial charge is 0.188 e. The number of hydrogen-bond donors (Lipinski definition) is 1. The molecule has 0 saturated carbocycles. The van der Waals surface area contributed by atoms with Gasteiger partial charge in [0.05, 0.1) is 10.2 Å². The van der Waals surface area contributed by atoms with Gasteiger partial charge in [-0.2, -0.15) is 0 Å². The molecule has 0 amide bonds. The number of nitrogens with one attached hydrogen (secondary N) is 1. The highest BCUT2D eigenvalue weighted by Crippen LogP contribution is 2.30. The first-order valence-corrected chi connectivity index (χ1v) is 6.53. The Kier molecular flexibility index (Phi) is 2.91. The average Bonchev–Trinajstić information content (AvgIpc) is 2.71. The van der Waals surface area contributed by atoms with Crippen LogP contribution in [0.15, 0.2) is 36.4 Å². The van der Waals surface area contributed by atoms with Crippen molar-refractivity contribution in [2.45, 2.75) is 6.92 Å². The average molecular weight is 276 g/mol. The van der Waals surface area contributed by atoms with Gasteiger partial charge in [-0.1, -0.05) is 23.5 Å². The summed E-state index contributed by atoms with van der Waals surface area (Å²) in [6, 6.07) is 9.23. The number of benzene rings is 2. The molecule has 0 aliphatic rings. The molecular weight excluding hydrogens is 266 g/mol. The van der Waals surface area contributed by atoms with Gasteiger partial charge in [0.1, 0.15) is 11.6 Å². The molecule has 1 N–H and O–H groups in total. The summed E-state index contributed by atoms with van der Waals surface area (Å²) in [6.45, 7) is 1.98. The van der Waals surface area contributed by atoms with Gasteiger partial charge >= 0.3 is 0 Å². The van der Waals surface area contributed by atoms with Crippen LogP contribution in [0.3, 0.4) is 0 Å². The Labute approximate surface area is 112 Å². The second kappa shape index (κ2) is 4.59. The molecule has 0 radical (unpaired) electrons. The van der Waals surface area contributed by atoms with E-state index in [1.165, 1.54) is 23.5 Å². The molecule has 0 fully saturated rings. The molecule has 0 spiro atoms. The van der Waals surface area contributed by atoms with Crippen molar-refractivity contribution in [3.63, 3.8) is 0 Å². The van der Waals surface area contributed by atoms with Crippen LogP contribution >= 0.6 is 11.3 Å². The highest BCUT2D eigenvalue weighted by Gasteiger charge is 2.07. The van der Waals surface area contributed by atoms with Crippen LogP contribution in [0.5, 0.6) is 0 Å². The first-order chi connectivity index (χ1) is 9.11. The SMILES string of the molecule is Cc1cccc2sc(Nc3cc(F)cc(F)c3)nc12. The monoisotopic (exact) mass is 276 g/mol. The van der Waals surface area contributed by atoms with Crippen LogP contribution in [0.1, 0.15) is 5.56 Å². The third-order valence-electron chi connectivity index (χ3n) is 2.73. The van der Waals surface area contributed by atoms with Crippen LogP contribution in [0, 0.1) is 18.6 Å². The fraction of sp³-hybridized carbons (Fsp3) is 0.0714. The number of nitrogens with zero attached hydrogens (tertiary/aromatic N) is 1. The summed E-state index contributed by atoms with van der Waals surface area (Å²) in [5.41, 5.74) is 2.34. The number of fused-ring (bicyclic) bond motifs is 1. The minimum Gasteiger partial charge on any atom is -0.331 e. The van der Waals surface area contributed by atoms with Crippen molar-refractivity contribution >= 4 is 32.4 Å². The Morgan fingerprint density at radius 3 is 2.53 bits per heavy atom. The van der Waals surface area contributed by atoms with E-state index < -0.39 is 11.6 Å². The minimum absolute atomic E-state index is 0.356. The number of aromatic nitrogens is 1. The van der Waals surface area contributed by atoms with E-state index in [1.54, 1.807) is 0 Å². The Hall–Kier alpha value is -2.01. The predicted molar refractivity (Wildman–Crippen MR) is 74.0 cm³/mol. The number of para-hydroxylation sites is 1. The van der Waals surface area contributed by atoms with Gasteiger partial charge in [0.2, 0.25) is 0 Å². The van der Waals surface area contributed by atoms with E-state index in [0.717, 1.165) is 21.8 Å². The van der Waals surface area contributed by atoms with Crippen molar-refractivity contribution < 1.29 is 8.78 Å². The van der Waals surface area contributed by atoms with Crippen LogP contribution in [0.4, 0.5) is 19.6 Å². The second-order valence-electron chi connectivity index (χ2n) is 4.22. The number of aryl methyl sites for hydroxylation is 1. The van der Waals surface area contributed by atoms with Gasteiger partial charge in [-0.3, -0.25) is 0 Å². The Morgan fingerprint density at radius 2 is 1.84 bits per heavy atom. The van der Waals surface area contributed by atoms with Crippen LogP contribution in [0.25, 0.3) is 10.2 Å². The molecule has 3 aromatic rings. The number of halogens is 2. The van der Waals surface area contributed by atoms with E-state index in [2.05, 4.69) is 10.3 Å². The molecule has 3 rings (SSSR count). The van der Waals surface area contributed by atoms with Gasteiger partial charge in [-0.25, -0.2) is 13.8 Å². The second-order valence-corrected chi connectivity index (χ2v) is 5.25. The topological polar surface area (TPSA) is 24.9 Å². The maximum Gasteiger partial charge on any atom is 0.188 e. The fourth-order valence-corrected chi connectivity index (χ4v) is 2.85. The zero-order valence-electron chi connectivity index (χ0n) is 10.1. The van der Waals surface area contributed by atoms with Crippen LogP contribution in [0.2, 0.25) is 0 Å². The van der Waals surface area contributed by atoms with Crippen molar-refractivity contribution in [1.82, 2.24) is 4.98 Å². The molecule has 0 unspecified atom stereocenters. The van der Waals surface area contributed by atoms with Crippen molar-refractivity contribution in [2.24, 2.45) is 0 Å². The van der Waals surface area contributed by atoms with Crippen LogP contribution < -0.4 is 5.32 Å². The lowest BCUT2D eigenvalue weighted by molar-refractivity contribution is 0.584. The van der Waals surface area contributed by atoms with Crippen LogP contribution in [-0.2, 0) is 0 Å². The maximum atomic E-state index is 13.1. The lowest BCUT2D eigenvalue weighted by atomic mass is 10.2. The van der Waals surface area contributed by atoms with E-state index in [-0.39, 0.29) is 0 Å². The fourth-order valence-electron chi connectivity index (χ4n) is 1.89. The standard InChI is InChI=1S/C14H10F2N2S/c1-8-3-2-4-12-13(8)18-14(19-12)17-11-6-9(15)5-10(16)7-11/h2-7H,1H3,(H,17,18). The van der Waals surface area contributed by atoms with Crippen molar-refractivity contribution in [2.75, 3.05) is 5.32 Å². The number of thiazole rings is 1. The molecule has 2 aromatic carbocycles. The Balaban J connectivity index is 1.99. The van der Waals surface area contributed by atoms with E-state index in [9.17, 15) is 8.78 Å². The summed E-state index contributed by atoms with van der Waals surface area (Å²) < 4.78 is 27.2. The zero-order chi connectivity index (χ0) is 13.4. The molecule has 2 nitrogen and oxygen atoms in total. The van der Waals surface area contributed by atoms with Gasteiger partial charge < -0.3 is 5.32 Å². The van der Waals surface area contributed by atoms with Gasteiger partial charge in [-0.05, 0) is 30.7 Å². The molecule has 0 saturated heterocycles. The highest BCUT2D eigenvalue weighted by atomic mass is 32.1. The Bertz CT molecular complexity index is 732. The lowest BCUT2D eigenvalue weighted by Crippen LogP contribution is -1.91. The van der Waals surface area contributed by atoms with Crippen molar-refractivity contribution in [1.29, 1.82) is 0 Å². The molecular formula is C14H10F2N2S. The van der Waals surface area contributed by atoms with Crippen LogP contribution in [-0.4, -0.2) is 4.98 Å². The molecule has 0 aliphatic carbocycles. The lowest BCUT2D eigenvalue weighted by Gasteiger charge is -2.02. The molecule has 19 heavy (non-hydrogen) atoms. The first kappa shape index (κ1) is 12.0. The number of rotatable bonds is 2. The minimum atomic E-state index is -0.611. The molecule has 0 atom stereocenters. The largest absolute Gasteiger partial charge is 0.331 e. The summed E-state index contributed by atoms with van der Waals surface area (Å²) >= 11 is 1.45.